The summed E-state index contributed by atoms with van der Waals surface area (Å²) in [5.41, 5.74) is 3.06. The third-order valence-electron chi connectivity index (χ3n) is 6.41. The van der Waals surface area contributed by atoms with Crippen molar-refractivity contribution in [2.75, 3.05) is 49.6 Å². The van der Waals surface area contributed by atoms with Gasteiger partial charge in [0.05, 0.1) is 30.5 Å². The highest BCUT2D eigenvalue weighted by Gasteiger charge is 2.30. The molecule has 1 N–H and O–H groups in total. The van der Waals surface area contributed by atoms with Gasteiger partial charge >= 0.3 is 6.18 Å². The summed E-state index contributed by atoms with van der Waals surface area (Å²) in [5, 5.41) is 7.64. The number of benzene rings is 2. The van der Waals surface area contributed by atoms with E-state index in [1.54, 1.807) is 0 Å². The predicted octanol–water partition coefficient (Wildman–Crippen LogP) is 4.36. The molecule has 3 heterocycles. The van der Waals surface area contributed by atoms with E-state index in [0.717, 1.165) is 69.3 Å². The predicted molar refractivity (Wildman–Crippen MR) is 126 cm³/mol. The highest BCUT2D eigenvalue weighted by molar-refractivity contribution is 5.64. The Hall–Kier alpha value is -3.11. The van der Waals surface area contributed by atoms with Crippen LogP contribution in [0.5, 0.6) is 0 Å². The minimum Gasteiger partial charge on any atom is -0.378 e. The van der Waals surface area contributed by atoms with Crippen LogP contribution >= 0.6 is 0 Å². The van der Waals surface area contributed by atoms with E-state index in [2.05, 4.69) is 50.3 Å². The van der Waals surface area contributed by atoms with Crippen molar-refractivity contribution in [3.8, 4) is 5.69 Å². The van der Waals surface area contributed by atoms with E-state index in [1.165, 1.54) is 28.7 Å². The molecule has 5 rings (SSSR count). The van der Waals surface area contributed by atoms with E-state index >= 15 is 0 Å². The lowest BCUT2D eigenvalue weighted by atomic mass is 10.1. The molecule has 182 valence electrons. The number of rotatable bonds is 6. The first-order valence-electron chi connectivity index (χ1n) is 11.5. The Morgan fingerprint density at radius 3 is 2.38 bits per heavy atom. The lowest BCUT2D eigenvalue weighted by molar-refractivity contribution is -0.137. The van der Waals surface area contributed by atoms with Gasteiger partial charge in [0.15, 0.2) is 0 Å². The van der Waals surface area contributed by atoms with Crippen molar-refractivity contribution < 1.29 is 19.3 Å². The maximum Gasteiger partial charge on any atom is 0.416 e. The Kier molecular flexibility index (Phi) is 6.18. The third kappa shape index (κ3) is 4.88. The van der Waals surface area contributed by atoms with E-state index < -0.39 is 11.7 Å². The van der Waals surface area contributed by atoms with Gasteiger partial charge < -0.3 is 15.0 Å². The van der Waals surface area contributed by atoms with Gasteiger partial charge in [-0.1, -0.05) is 6.92 Å². The van der Waals surface area contributed by atoms with E-state index in [9.17, 15) is 13.2 Å². The number of hydrogen-bond donors (Lipinski definition) is 1. The molecule has 34 heavy (non-hydrogen) atoms. The quantitative estimate of drug-likeness (QED) is 0.573. The minimum absolute atomic E-state index is 0. The lowest BCUT2D eigenvalue weighted by Gasteiger charge is -2.43. The fourth-order valence-electron chi connectivity index (χ4n) is 4.29. The molecule has 10 heteroatoms. The standard InChI is InChI=1S/C24H27F3N6O.H2/c1-2-17-11-19(13-21(12-17)31-7-9-32(10-8-31)22-14-34-15-22)29-23-28-16-33(30-23)20-5-3-18(4-6-20)24(25,26)27;/h3-6,11-13,16,22H,2,7-10,14-15H2,1H3,(H,29,30);1H. The van der Waals surface area contributed by atoms with Crippen molar-refractivity contribution in [3.05, 3.63) is 59.9 Å². The summed E-state index contributed by atoms with van der Waals surface area (Å²) in [6.07, 6.45) is -1.98. The third-order valence-corrected chi connectivity index (χ3v) is 6.41. The molecule has 0 spiro atoms. The number of aromatic nitrogens is 3. The molecule has 0 amide bonds. The second-order valence-electron chi connectivity index (χ2n) is 8.64. The number of piperazine rings is 1. The Balaban J connectivity index is 0.00000289. The van der Waals surface area contributed by atoms with Gasteiger partial charge in [0.2, 0.25) is 5.95 Å². The topological polar surface area (TPSA) is 58.5 Å². The number of halogens is 3. The zero-order valence-corrected chi connectivity index (χ0v) is 18.9. The smallest absolute Gasteiger partial charge is 0.378 e. The number of alkyl halides is 3. The molecule has 2 aliphatic heterocycles. The van der Waals surface area contributed by atoms with Crippen LogP contribution in [0, 0.1) is 0 Å². The molecule has 2 aliphatic rings. The van der Waals surface area contributed by atoms with Gasteiger partial charge in [-0.3, -0.25) is 4.90 Å². The first kappa shape index (κ1) is 22.7. The number of anilines is 3. The van der Waals surface area contributed by atoms with Crippen LogP contribution in [0.1, 0.15) is 19.5 Å². The molecule has 0 atom stereocenters. The monoisotopic (exact) mass is 474 g/mol. The average Bonchev–Trinajstić information content (AvgIpc) is 3.26. The summed E-state index contributed by atoms with van der Waals surface area (Å²) in [6, 6.07) is 11.8. The van der Waals surface area contributed by atoms with Crippen LogP contribution in [-0.2, 0) is 17.3 Å². The second-order valence-corrected chi connectivity index (χ2v) is 8.64. The highest BCUT2D eigenvalue weighted by Crippen LogP contribution is 2.30. The van der Waals surface area contributed by atoms with Gasteiger partial charge in [0, 0.05) is 39.0 Å². The van der Waals surface area contributed by atoms with Crippen LogP contribution in [0.15, 0.2) is 48.8 Å². The summed E-state index contributed by atoms with van der Waals surface area (Å²) in [4.78, 5) is 9.19. The van der Waals surface area contributed by atoms with Gasteiger partial charge in [-0.15, -0.1) is 5.10 Å². The van der Waals surface area contributed by atoms with Gasteiger partial charge in [0.1, 0.15) is 6.33 Å². The van der Waals surface area contributed by atoms with Crippen molar-refractivity contribution in [1.82, 2.24) is 19.7 Å². The SMILES string of the molecule is CCc1cc(Nc2ncn(-c3ccc(C(F)(F)F)cc3)n2)cc(N2CCN(C3COC3)CC2)c1.[HH]. The maximum absolute atomic E-state index is 12.8. The van der Waals surface area contributed by atoms with Crippen LogP contribution in [0.2, 0.25) is 0 Å². The first-order chi connectivity index (χ1) is 16.4. The normalized spacial score (nSPS) is 17.6. The maximum atomic E-state index is 12.8. The van der Waals surface area contributed by atoms with Crippen molar-refractivity contribution >= 4 is 17.3 Å². The van der Waals surface area contributed by atoms with Crippen LogP contribution in [0.25, 0.3) is 5.69 Å². The number of nitrogens with one attached hydrogen (secondary N) is 1. The summed E-state index contributed by atoms with van der Waals surface area (Å²) in [5.74, 6) is 0.383. The molecule has 2 aromatic carbocycles. The van der Waals surface area contributed by atoms with Gasteiger partial charge in [-0.25, -0.2) is 4.68 Å². The van der Waals surface area contributed by atoms with Gasteiger partial charge in [0.25, 0.3) is 0 Å². The lowest BCUT2D eigenvalue weighted by Crippen LogP contribution is -2.56. The van der Waals surface area contributed by atoms with Crippen LogP contribution < -0.4 is 10.2 Å². The highest BCUT2D eigenvalue weighted by atomic mass is 19.4. The van der Waals surface area contributed by atoms with E-state index in [0.29, 0.717) is 17.7 Å². The Morgan fingerprint density at radius 2 is 1.76 bits per heavy atom. The van der Waals surface area contributed by atoms with E-state index in [1.807, 2.05) is 0 Å². The fourth-order valence-corrected chi connectivity index (χ4v) is 4.29. The summed E-state index contributed by atoms with van der Waals surface area (Å²) >= 11 is 0. The zero-order valence-electron chi connectivity index (χ0n) is 18.9. The van der Waals surface area contributed by atoms with Crippen molar-refractivity contribution in [2.45, 2.75) is 25.6 Å². The zero-order chi connectivity index (χ0) is 23.7. The molecule has 0 aliphatic carbocycles. The number of aryl methyl sites for hydroxylation is 1. The van der Waals surface area contributed by atoms with Crippen LogP contribution in [0.4, 0.5) is 30.5 Å². The molecule has 3 aromatic rings. The Bertz CT molecular complexity index is 1130. The largest absolute Gasteiger partial charge is 0.416 e. The van der Waals surface area contributed by atoms with Crippen molar-refractivity contribution in [3.63, 3.8) is 0 Å². The van der Waals surface area contributed by atoms with Gasteiger partial charge in [-0.2, -0.15) is 18.2 Å². The Labute approximate surface area is 197 Å². The summed E-state index contributed by atoms with van der Waals surface area (Å²) in [7, 11) is 0. The van der Waals surface area contributed by atoms with E-state index in [4.69, 9.17) is 4.74 Å². The summed E-state index contributed by atoms with van der Waals surface area (Å²) < 4.78 is 45.2. The molecule has 0 saturated carbocycles. The number of hydrogen-bond acceptors (Lipinski definition) is 6. The second kappa shape index (κ2) is 9.27. The molecule has 0 radical (unpaired) electrons. The fraction of sp³-hybridized carbons (Fsp3) is 0.417. The molecule has 2 fully saturated rings. The average molecular weight is 475 g/mol. The van der Waals surface area contributed by atoms with Crippen LogP contribution in [0.3, 0.4) is 0 Å². The van der Waals surface area contributed by atoms with Crippen molar-refractivity contribution in [1.29, 1.82) is 0 Å². The molecule has 2 saturated heterocycles. The summed E-state index contributed by atoms with van der Waals surface area (Å²) in [6.45, 7) is 7.76. The Morgan fingerprint density at radius 1 is 1.03 bits per heavy atom. The number of ether oxygens (including phenoxy) is 1. The molecular weight excluding hydrogens is 445 g/mol. The van der Waals surface area contributed by atoms with Crippen LogP contribution in [-0.4, -0.2) is 65.1 Å². The molecule has 0 unspecified atom stereocenters. The van der Waals surface area contributed by atoms with Crippen molar-refractivity contribution in [2.24, 2.45) is 0 Å². The first-order valence-corrected chi connectivity index (χ1v) is 11.5. The molecule has 1 aromatic heterocycles. The van der Waals surface area contributed by atoms with E-state index in [-0.39, 0.29) is 1.43 Å². The molecular formula is C24H29F3N6O. The molecule has 7 nitrogen and oxygen atoms in total. The number of nitrogens with zero attached hydrogens (tertiary/aromatic N) is 5. The van der Waals surface area contributed by atoms with Gasteiger partial charge in [-0.05, 0) is 54.4 Å². The minimum atomic E-state index is -4.37. The molecule has 0 bridgehead atoms.